The highest BCUT2D eigenvalue weighted by atomic mass is 35.5. The number of ether oxygens (including phenoxy) is 1. The summed E-state index contributed by atoms with van der Waals surface area (Å²) in [7, 11) is -2.09. The summed E-state index contributed by atoms with van der Waals surface area (Å²) in [5, 5.41) is 0.519. The second-order valence-corrected chi connectivity index (χ2v) is 10.9. The van der Waals surface area contributed by atoms with Crippen molar-refractivity contribution in [2.24, 2.45) is 0 Å². The van der Waals surface area contributed by atoms with E-state index in [2.05, 4.69) is 0 Å². The first-order valence-electron chi connectivity index (χ1n) is 11.5. The maximum atomic E-state index is 13.5. The maximum absolute atomic E-state index is 13.5. The Labute approximate surface area is 202 Å². The Kier molecular flexibility index (Phi) is 9.74. The molecule has 1 heterocycles. The Morgan fingerprint density at radius 1 is 0.970 bits per heavy atom. The monoisotopic (exact) mass is 492 g/mol. The van der Waals surface area contributed by atoms with E-state index in [9.17, 15) is 13.2 Å². The fraction of sp³-hybridized carbons (Fsp3) is 0.480. The summed E-state index contributed by atoms with van der Waals surface area (Å²) in [6.07, 6.45) is 5.86. The highest BCUT2D eigenvalue weighted by Crippen LogP contribution is 2.26. The average molecular weight is 493 g/mol. The maximum Gasteiger partial charge on any atom is 0.252 e. The van der Waals surface area contributed by atoms with Crippen LogP contribution in [-0.4, -0.2) is 45.4 Å². The molecule has 6 nitrogen and oxygen atoms in total. The van der Waals surface area contributed by atoms with Crippen molar-refractivity contribution in [2.75, 3.05) is 31.7 Å². The average Bonchev–Trinajstić information content (AvgIpc) is 2.79. The molecule has 0 unspecified atom stereocenters. The number of para-hydroxylation sites is 1. The highest BCUT2D eigenvalue weighted by molar-refractivity contribution is 7.88. The Morgan fingerprint density at radius 3 is 2.39 bits per heavy atom. The summed E-state index contributed by atoms with van der Waals surface area (Å²) in [5.41, 5.74) is 2.23. The molecular formula is C25H33ClN2O4S. The number of sulfonamides is 1. The first-order valence-corrected chi connectivity index (χ1v) is 13.5. The number of amides is 1. The van der Waals surface area contributed by atoms with Gasteiger partial charge in [0.25, 0.3) is 5.91 Å². The van der Waals surface area contributed by atoms with Gasteiger partial charge in [-0.3, -0.25) is 4.79 Å². The van der Waals surface area contributed by atoms with Gasteiger partial charge in [0.05, 0.1) is 5.75 Å². The third-order valence-electron chi connectivity index (χ3n) is 5.87. The third kappa shape index (κ3) is 7.54. The number of carbonyl (C=O) groups is 1. The minimum absolute atomic E-state index is 0.00882. The van der Waals surface area contributed by atoms with Crippen LogP contribution in [-0.2, 0) is 31.9 Å². The van der Waals surface area contributed by atoms with Gasteiger partial charge in [-0.1, -0.05) is 67.6 Å². The van der Waals surface area contributed by atoms with Crippen molar-refractivity contribution < 1.29 is 17.9 Å². The summed E-state index contributed by atoms with van der Waals surface area (Å²) in [5.74, 6) is -0.227. The van der Waals surface area contributed by atoms with E-state index in [1.54, 1.807) is 33.5 Å². The summed E-state index contributed by atoms with van der Waals surface area (Å²) in [6.45, 7) is 1.25. The van der Waals surface area contributed by atoms with Gasteiger partial charge in [0.1, 0.15) is 6.61 Å². The van der Waals surface area contributed by atoms with Gasteiger partial charge in [0.15, 0.2) is 0 Å². The fourth-order valence-electron chi connectivity index (χ4n) is 4.19. The topological polar surface area (TPSA) is 66.9 Å². The summed E-state index contributed by atoms with van der Waals surface area (Å²) < 4.78 is 33.6. The fourth-order valence-corrected chi connectivity index (χ4v) is 5.93. The lowest BCUT2D eigenvalue weighted by atomic mass is 10.1. The quantitative estimate of drug-likeness (QED) is 0.588. The molecule has 1 aliphatic heterocycles. The molecule has 0 N–H and O–H groups in total. The second kappa shape index (κ2) is 12.5. The van der Waals surface area contributed by atoms with Gasteiger partial charge in [-0.2, -0.15) is 4.31 Å². The molecule has 2 aromatic rings. The molecule has 0 saturated carbocycles. The SMILES string of the molecule is COCC(=O)N1CCCCCCCCN(S(=O)(=O)Cc2cccc(Cl)c2)Cc2ccccc21. The normalized spacial score (nSPS) is 16.8. The van der Waals surface area contributed by atoms with E-state index in [4.69, 9.17) is 16.3 Å². The van der Waals surface area contributed by atoms with Gasteiger partial charge in [0, 0.05) is 37.5 Å². The van der Waals surface area contributed by atoms with Crippen LogP contribution in [0.25, 0.3) is 0 Å². The number of fused-ring (bicyclic) bond motifs is 1. The Bertz CT molecular complexity index is 1030. The van der Waals surface area contributed by atoms with Crippen LogP contribution in [0, 0.1) is 0 Å². The van der Waals surface area contributed by atoms with E-state index in [1.165, 1.54) is 7.11 Å². The number of rotatable bonds is 5. The number of hydrogen-bond donors (Lipinski definition) is 0. The largest absolute Gasteiger partial charge is 0.375 e. The number of halogens is 1. The molecule has 180 valence electrons. The van der Waals surface area contributed by atoms with Crippen molar-refractivity contribution in [3.63, 3.8) is 0 Å². The summed E-state index contributed by atoms with van der Waals surface area (Å²) >= 11 is 6.08. The Hall–Kier alpha value is -1.93. The van der Waals surface area contributed by atoms with E-state index in [0.717, 1.165) is 49.8 Å². The van der Waals surface area contributed by atoms with E-state index < -0.39 is 10.0 Å². The molecule has 8 heteroatoms. The molecule has 0 bridgehead atoms. The number of benzene rings is 2. The molecule has 1 amide bonds. The van der Waals surface area contributed by atoms with Crippen molar-refractivity contribution in [3.8, 4) is 0 Å². The lowest BCUT2D eigenvalue weighted by molar-refractivity contribution is -0.122. The van der Waals surface area contributed by atoms with Crippen molar-refractivity contribution in [3.05, 3.63) is 64.7 Å². The van der Waals surface area contributed by atoms with Crippen LogP contribution in [0.5, 0.6) is 0 Å². The van der Waals surface area contributed by atoms with Crippen LogP contribution in [0.3, 0.4) is 0 Å². The van der Waals surface area contributed by atoms with Crippen LogP contribution < -0.4 is 4.90 Å². The second-order valence-electron chi connectivity index (χ2n) is 8.45. The number of hydrogen-bond acceptors (Lipinski definition) is 4. The lowest BCUT2D eigenvalue weighted by Crippen LogP contribution is -2.37. The number of nitrogens with zero attached hydrogens (tertiary/aromatic N) is 2. The first kappa shape index (κ1) is 25.7. The molecule has 0 radical (unpaired) electrons. The zero-order valence-electron chi connectivity index (χ0n) is 19.2. The number of carbonyl (C=O) groups excluding carboxylic acids is 1. The van der Waals surface area contributed by atoms with Gasteiger partial charge in [-0.25, -0.2) is 8.42 Å². The lowest BCUT2D eigenvalue weighted by Gasteiger charge is -2.28. The molecule has 0 spiro atoms. The molecule has 3 rings (SSSR count). The van der Waals surface area contributed by atoms with Crippen molar-refractivity contribution >= 4 is 33.2 Å². The zero-order chi connectivity index (χ0) is 23.7. The predicted molar refractivity (Wildman–Crippen MR) is 133 cm³/mol. The van der Waals surface area contributed by atoms with Crippen LogP contribution in [0.1, 0.15) is 49.7 Å². The van der Waals surface area contributed by atoms with Crippen LogP contribution in [0.15, 0.2) is 48.5 Å². The van der Waals surface area contributed by atoms with E-state index >= 15 is 0 Å². The van der Waals surface area contributed by atoms with E-state index in [0.29, 0.717) is 23.7 Å². The summed E-state index contributed by atoms with van der Waals surface area (Å²) in [6, 6.07) is 14.5. The van der Waals surface area contributed by atoms with E-state index in [-0.39, 0.29) is 24.8 Å². The van der Waals surface area contributed by atoms with Crippen LogP contribution in [0.2, 0.25) is 5.02 Å². The smallest absolute Gasteiger partial charge is 0.252 e. The number of anilines is 1. The minimum atomic E-state index is -3.60. The zero-order valence-corrected chi connectivity index (χ0v) is 20.8. The van der Waals surface area contributed by atoms with Crippen molar-refractivity contribution in [1.29, 1.82) is 0 Å². The molecule has 0 aromatic heterocycles. The third-order valence-corrected chi connectivity index (χ3v) is 7.90. The molecule has 0 fully saturated rings. The molecule has 2 aromatic carbocycles. The Balaban J connectivity index is 1.94. The van der Waals surface area contributed by atoms with Crippen LogP contribution in [0.4, 0.5) is 5.69 Å². The summed E-state index contributed by atoms with van der Waals surface area (Å²) in [4.78, 5) is 14.6. The molecule has 33 heavy (non-hydrogen) atoms. The van der Waals surface area contributed by atoms with Gasteiger partial charge in [0.2, 0.25) is 10.0 Å². The first-order chi connectivity index (χ1) is 15.9. The minimum Gasteiger partial charge on any atom is -0.375 e. The molecular weight excluding hydrogens is 460 g/mol. The van der Waals surface area contributed by atoms with Gasteiger partial charge in [-0.15, -0.1) is 0 Å². The molecule has 0 atom stereocenters. The van der Waals surface area contributed by atoms with Gasteiger partial charge < -0.3 is 9.64 Å². The van der Waals surface area contributed by atoms with E-state index in [1.807, 2.05) is 24.3 Å². The molecule has 0 aliphatic carbocycles. The van der Waals surface area contributed by atoms with Gasteiger partial charge in [-0.05, 0) is 42.2 Å². The Morgan fingerprint density at radius 2 is 1.67 bits per heavy atom. The standard InChI is InChI=1S/C25H33ClN2O4S/c1-32-19-25(29)28-16-9-5-3-2-4-8-15-27(18-22-12-6-7-14-24(22)28)33(30,31)20-21-11-10-13-23(26)17-21/h6-7,10-14,17H,2-5,8-9,15-16,18-20H2,1H3. The molecule has 0 saturated heterocycles. The number of methoxy groups -OCH3 is 1. The molecule has 1 aliphatic rings. The highest BCUT2D eigenvalue weighted by Gasteiger charge is 2.26. The predicted octanol–water partition coefficient (Wildman–Crippen LogP) is 5.01. The van der Waals surface area contributed by atoms with Gasteiger partial charge >= 0.3 is 0 Å². The van der Waals surface area contributed by atoms with Crippen LogP contribution >= 0.6 is 11.6 Å². The van der Waals surface area contributed by atoms with Crippen molar-refractivity contribution in [2.45, 2.75) is 50.8 Å². The van der Waals surface area contributed by atoms with Crippen molar-refractivity contribution in [1.82, 2.24) is 4.31 Å².